The smallest absolute Gasteiger partial charge is 0.368 e. The summed E-state index contributed by atoms with van der Waals surface area (Å²) in [6.45, 7) is 4.44. The summed E-state index contributed by atoms with van der Waals surface area (Å²) < 4.78 is 8.16. The Morgan fingerprint density at radius 3 is 2.62 bits per heavy atom. The molecule has 0 bridgehead atoms. The van der Waals surface area contributed by atoms with Crippen LogP contribution in [-0.2, 0) is 46.4 Å². The van der Waals surface area contributed by atoms with E-state index in [0.717, 1.165) is 11.1 Å². The number of hydrogen-bond donors (Lipinski definition) is 0. The van der Waals surface area contributed by atoms with Crippen LogP contribution in [0.5, 0.6) is 5.88 Å². The summed E-state index contributed by atoms with van der Waals surface area (Å²) in [6.07, 6.45) is 1.57. The molecule has 0 aliphatic rings. The van der Waals surface area contributed by atoms with Crippen LogP contribution in [0.4, 0.5) is 0 Å². The van der Waals surface area contributed by atoms with Gasteiger partial charge in [-0.05, 0) is 34.0 Å². The third-order valence-corrected chi connectivity index (χ3v) is 3.56. The van der Waals surface area contributed by atoms with E-state index in [4.69, 9.17) is 4.74 Å². The van der Waals surface area contributed by atoms with Gasteiger partial charge in [-0.3, -0.25) is 0 Å². The summed E-state index contributed by atoms with van der Waals surface area (Å²) in [4.78, 5) is 12.2. The minimum atomic E-state index is -0.305. The molecular formula is C15H17N6O2Y-. The molecule has 123 valence electrons. The minimum absolute atomic E-state index is 0. The molecule has 0 saturated heterocycles. The Morgan fingerprint density at radius 2 is 2.04 bits per heavy atom. The van der Waals surface area contributed by atoms with Crippen molar-refractivity contribution in [2.24, 2.45) is 7.05 Å². The molecule has 9 heteroatoms. The summed E-state index contributed by atoms with van der Waals surface area (Å²) >= 11 is 0. The first-order chi connectivity index (χ1) is 11.1. The van der Waals surface area contributed by atoms with Gasteiger partial charge < -0.3 is 14.9 Å². The number of tetrazole rings is 1. The molecule has 0 atom stereocenters. The zero-order valence-corrected chi connectivity index (χ0v) is 16.6. The van der Waals surface area contributed by atoms with Crippen LogP contribution in [0, 0.1) is 0 Å². The number of aryl methyl sites for hydroxylation is 1. The number of aromatic nitrogens is 6. The summed E-state index contributed by atoms with van der Waals surface area (Å²) in [5.41, 5.74) is 2.32. The minimum Gasteiger partial charge on any atom is -0.579 e. The van der Waals surface area contributed by atoms with Gasteiger partial charge >= 0.3 is 5.69 Å². The first-order valence-electron chi connectivity index (χ1n) is 7.26. The first kappa shape index (κ1) is 18.5. The van der Waals surface area contributed by atoms with Gasteiger partial charge in [0, 0.05) is 45.3 Å². The normalized spacial score (nSPS) is 10.7. The molecule has 0 amide bonds. The molecule has 0 saturated carbocycles. The number of nitrogens with zero attached hydrogens (tertiary/aromatic N) is 6. The largest absolute Gasteiger partial charge is 0.579 e. The van der Waals surface area contributed by atoms with Crippen LogP contribution in [0.3, 0.4) is 0 Å². The van der Waals surface area contributed by atoms with Crippen molar-refractivity contribution in [3.63, 3.8) is 0 Å². The molecule has 2 heterocycles. The Kier molecular flexibility index (Phi) is 6.07. The van der Waals surface area contributed by atoms with Gasteiger partial charge in [0.05, 0.1) is 5.69 Å². The maximum Gasteiger partial charge on any atom is 0.368 e. The van der Waals surface area contributed by atoms with Crippen LogP contribution in [0.15, 0.2) is 35.3 Å². The van der Waals surface area contributed by atoms with Crippen molar-refractivity contribution in [3.05, 3.63) is 52.1 Å². The van der Waals surface area contributed by atoms with Crippen molar-refractivity contribution >= 4 is 0 Å². The molecular weight excluding hydrogens is 385 g/mol. The van der Waals surface area contributed by atoms with E-state index in [-0.39, 0.29) is 50.9 Å². The van der Waals surface area contributed by atoms with E-state index in [1.54, 1.807) is 19.3 Å². The third kappa shape index (κ3) is 3.65. The molecule has 1 radical (unpaired) electrons. The molecule has 2 aromatic heterocycles. The number of benzene rings is 1. The average molecular weight is 402 g/mol. The molecule has 24 heavy (non-hydrogen) atoms. The Hall–Kier alpha value is -1.80. The maximum absolute atomic E-state index is 12.2. The molecule has 0 spiro atoms. The second kappa shape index (κ2) is 7.85. The SMILES string of the molecule is CC(C)c1cccc(-n2nnn(C)c2=O)c1COc1cc[n-]n1.[Y]. The fraction of sp³-hybridized carbons (Fsp3) is 0.333. The van der Waals surface area contributed by atoms with Gasteiger partial charge in [0.15, 0.2) is 5.88 Å². The van der Waals surface area contributed by atoms with Crippen molar-refractivity contribution in [3.8, 4) is 11.6 Å². The quantitative estimate of drug-likeness (QED) is 0.633. The van der Waals surface area contributed by atoms with E-state index in [9.17, 15) is 4.79 Å². The van der Waals surface area contributed by atoms with Crippen LogP contribution in [0.1, 0.15) is 30.9 Å². The van der Waals surface area contributed by atoms with E-state index in [1.165, 1.54) is 9.36 Å². The van der Waals surface area contributed by atoms with Gasteiger partial charge in [-0.2, -0.15) is 15.6 Å². The zero-order chi connectivity index (χ0) is 16.4. The van der Waals surface area contributed by atoms with Crippen molar-refractivity contribution in [1.29, 1.82) is 0 Å². The summed E-state index contributed by atoms with van der Waals surface area (Å²) in [7, 11) is 1.56. The Morgan fingerprint density at radius 1 is 1.25 bits per heavy atom. The van der Waals surface area contributed by atoms with E-state index < -0.39 is 0 Å². The van der Waals surface area contributed by atoms with Gasteiger partial charge in [-0.25, -0.2) is 4.79 Å². The summed E-state index contributed by atoms with van der Waals surface area (Å²) in [5, 5.41) is 15.3. The second-order valence-electron chi connectivity index (χ2n) is 5.45. The first-order valence-corrected chi connectivity index (χ1v) is 7.26. The molecule has 3 rings (SSSR count). The third-order valence-electron chi connectivity index (χ3n) is 3.56. The molecule has 3 aromatic rings. The van der Waals surface area contributed by atoms with Crippen molar-refractivity contribution in [1.82, 2.24) is 30.0 Å². The maximum atomic E-state index is 12.2. The molecule has 8 nitrogen and oxygen atoms in total. The van der Waals surface area contributed by atoms with E-state index in [2.05, 4.69) is 34.5 Å². The standard InChI is InChI=1S/C15H17N6O2.Y/c1-10(2)11-5-4-6-13(21-15(22)20(3)18-19-21)12(11)9-23-14-7-8-16-17-14;/h4-8,10H,9H2,1-3H3;/q-1;. The van der Waals surface area contributed by atoms with Gasteiger partial charge in [0.25, 0.3) is 0 Å². The predicted octanol–water partition coefficient (Wildman–Crippen LogP) is 1.02. The van der Waals surface area contributed by atoms with Gasteiger partial charge in [0.1, 0.15) is 6.61 Å². The fourth-order valence-electron chi connectivity index (χ4n) is 2.40. The summed E-state index contributed by atoms with van der Waals surface area (Å²) in [5.74, 6) is 0.715. The molecule has 1 aromatic carbocycles. The van der Waals surface area contributed by atoms with Crippen molar-refractivity contribution in [2.75, 3.05) is 0 Å². The van der Waals surface area contributed by atoms with Gasteiger partial charge in [-0.15, -0.1) is 0 Å². The topological polar surface area (TPSA) is 88.9 Å². The van der Waals surface area contributed by atoms with E-state index >= 15 is 0 Å². The van der Waals surface area contributed by atoms with Crippen molar-refractivity contribution in [2.45, 2.75) is 26.4 Å². The van der Waals surface area contributed by atoms with Crippen LogP contribution >= 0.6 is 0 Å². The monoisotopic (exact) mass is 402 g/mol. The second-order valence-corrected chi connectivity index (χ2v) is 5.45. The van der Waals surface area contributed by atoms with Gasteiger partial charge in [0.2, 0.25) is 0 Å². The van der Waals surface area contributed by atoms with Crippen LogP contribution in [-0.4, -0.2) is 24.9 Å². The van der Waals surface area contributed by atoms with Crippen LogP contribution < -0.4 is 15.5 Å². The fourth-order valence-corrected chi connectivity index (χ4v) is 2.40. The van der Waals surface area contributed by atoms with E-state index in [1.807, 2.05) is 18.2 Å². The molecule has 0 aliphatic heterocycles. The number of hydrogen-bond acceptors (Lipinski definition) is 5. The average Bonchev–Trinajstić information content (AvgIpc) is 3.16. The zero-order valence-electron chi connectivity index (χ0n) is 13.7. The van der Waals surface area contributed by atoms with E-state index in [0.29, 0.717) is 11.6 Å². The molecule has 0 fully saturated rings. The molecule has 0 aliphatic carbocycles. The Labute approximate surface area is 164 Å². The van der Waals surface area contributed by atoms with Crippen molar-refractivity contribution < 1.29 is 37.4 Å². The molecule has 0 N–H and O–H groups in total. The number of rotatable bonds is 5. The number of ether oxygens (including phenoxy) is 1. The van der Waals surface area contributed by atoms with Crippen LogP contribution in [0.2, 0.25) is 0 Å². The van der Waals surface area contributed by atoms with Crippen LogP contribution in [0.25, 0.3) is 5.69 Å². The van der Waals surface area contributed by atoms with Gasteiger partial charge in [-0.1, -0.05) is 26.0 Å². The molecule has 0 unspecified atom stereocenters. The Bertz CT molecular complexity index is 853. The summed E-state index contributed by atoms with van der Waals surface area (Å²) in [6, 6.07) is 7.44. The Balaban J connectivity index is 0.00000208. The predicted molar refractivity (Wildman–Crippen MR) is 82.6 cm³/mol.